The highest BCUT2D eigenvalue weighted by atomic mass is 16.1. The van der Waals surface area contributed by atoms with Gasteiger partial charge in [-0.3, -0.25) is 4.79 Å². The monoisotopic (exact) mass is 438 g/mol. The molecule has 0 fully saturated rings. The first kappa shape index (κ1) is 21.6. The van der Waals surface area contributed by atoms with E-state index in [0.29, 0.717) is 11.1 Å². The maximum absolute atomic E-state index is 13.0. The van der Waals surface area contributed by atoms with Crippen LogP contribution in [0.2, 0.25) is 0 Å². The van der Waals surface area contributed by atoms with Crippen LogP contribution < -0.4 is 0 Å². The fourth-order valence-electron chi connectivity index (χ4n) is 4.14. The minimum absolute atomic E-state index is 0.0386. The first-order valence-corrected chi connectivity index (χ1v) is 11.6. The van der Waals surface area contributed by atoms with Gasteiger partial charge in [0.2, 0.25) is 0 Å². The van der Waals surface area contributed by atoms with Crippen molar-refractivity contribution in [3.63, 3.8) is 0 Å². The third-order valence-corrected chi connectivity index (χ3v) is 6.28. The average molecular weight is 439 g/mol. The third kappa shape index (κ3) is 4.60. The standard InChI is InChI=1S/C33H26O/c1-23-3-7-25(8-4-23)27-11-13-28(14-12-27)30-17-21-32(22-18-30)33(34)31-19-15-29(16-20-31)26-9-5-24(2)6-10-26/h3-22H,1-2H3. The van der Waals surface area contributed by atoms with Crippen LogP contribution in [-0.2, 0) is 0 Å². The minimum atomic E-state index is 0.0386. The summed E-state index contributed by atoms with van der Waals surface area (Å²) in [6.07, 6.45) is 0. The number of carbonyl (C=O) groups excluding carboxylic acids is 1. The summed E-state index contributed by atoms with van der Waals surface area (Å²) in [5.74, 6) is 0.0386. The van der Waals surface area contributed by atoms with Crippen LogP contribution in [0, 0.1) is 13.8 Å². The zero-order chi connectivity index (χ0) is 23.5. The van der Waals surface area contributed by atoms with Crippen LogP contribution in [0.3, 0.4) is 0 Å². The topological polar surface area (TPSA) is 17.1 Å². The Morgan fingerprint density at radius 2 is 0.559 bits per heavy atom. The fraction of sp³-hybridized carbons (Fsp3) is 0.0606. The van der Waals surface area contributed by atoms with E-state index in [1.807, 2.05) is 48.5 Å². The molecule has 0 amide bonds. The molecule has 0 N–H and O–H groups in total. The molecule has 0 spiro atoms. The van der Waals surface area contributed by atoms with Crippen LogP contribution in [0.25, 0.3) is 33.4 Å². The molecule has 0 aliphatic rings. The Balaban J connectivity index is 1.31. The van der Waals surface area contributed by atoms with Crippen molar-refractivity contribution in [1.82, 2.24) is 0 Å². The molecule has 0 saturated heterocycles. The van der Waals surface area contributed by atoms with E-state index in [9.17, 15) is 4.79 Å². The first-order valence-electron chi connectivity index (χ1n) is 11.6. The van der Waals surface area contributed by atoms with E-state index >= 15 is 0 Å². The molecule has 0 radical (unpaired) electrons. The van der Waals surface area contributed by atoms with Gasteiger partial charge >= 0.3 is 0 Å². The van der Waals surface area contributed by atoms with Gasteiger partial charge in [0.25, 0.3) is 0 Å². The number of hydrogen-bond donors (Lipinski definition) is 0. The fourth-order valence-corrected chi connectivity index (χ4v) is 4.14. The van der Waals surface area contributed by atoms with E-state index in [2.05, 4.69) is 86.6 Å². The predicted octanol–water partition coefficient (Wildman–Crippen LogP) is 8.54. The zero-order valence-corrected chi connectivity index (χ0v) is 19.5. The SMILES string of the molecule is Cc1ccc(-c2ccc(C(=O)c3ccc(-c4ccc(-c5ccc(C)cc5)cc4)cc3)cc2)cc1. The molecule has 0 heterocycles. The van der Waals surface area contributed by atoms with Crippen molar-refractivity contribution < 1.29 is 4.79 Å². The molecule has 164 valence electrons. The highest BCUT2D eigenvalue weighted by molar-refractivity contribution is 6.09. The summed E-state index contributed by atoms with van der Waals surface area (Å²) in [5, 5.41) is 0. The largest absolute Gasteiger partial charge is 0.289 e. The van der Waals surface area contributed by atoms with Gasteiger partial charge in [0.15, 0.2) is 5.78 Å². The van der Waals surface area contributed by atoms with Gasteiger partial charge in [-0.1, -0.05) is 132 Å². The van der Waals surface area contributed by atoms with Crippen molar-refractivity contribution in [2.75, 3.05) is 0 Å². The minimum Gasteiger partial charge on any atom is -0.289 e. The van der Waals surface area contributed by atoms with Crippen LogP contribution >= 0.6 is 0 Å². The van der Waals surface area contributed by atoms with Gasteiger partial charge < -0.3 is 0 Å². The van der Waals surface area contributed by atoms with Crippen LogP contribution in [0.1, 0.15) is 27.0 Å². The van der Waals surface area contributed by atoms with Crippen LogP contribution in [0.15, 0.2) is 121 Å². The van der Waals surface area contributed by atoms with Crippen molar-refractivity contribution in [2.45, 2.75) is 13.8 Å². The lowest BCUT2D eigenvalue weighted by molar-refractivity contribution is 0.103. The molecule has 1 heteroatoms. The van der Waals surface area contributed by atoms with Crippen molar-refractivity contribution in [3.05, 3.63) is 144 Å². The quantitative estimate of drug-likeness (QED) is 0.251. The lowest BCUT2D eigenvalue weighted by atomic mass is 9.96. The molecule has 0 aromatic heterocycles. The van der Waals surface area contributed by atoms with Crippen molar-refractivity contribution >= 4 is 5.78 Å². The summed E-state index contributed by atoms with van der Waals surface area (Å²) in [7, 11) is 0. The van der Waals surface area contributed by atoms with Crippen LogP contribution in [0.5, 0.6) is 0 Å². The zero-order valence-electron chi connectivity index (χ0n) is 19.5. The number of aryl methyl sites for hydroxylation is 2. The lowest BCUT2D eigenvalue weighted by Crippen LogP contribution is -2.00. The molecule has 0 saturated carbocycles. The second-order valence-corrected chi connectivity index (χ2v) is 8.79. The number of benzene rings is 5. The maximum Gasteiger partial charge on any atom is 0.193 e. The van der Waals surface area contributed by atoms with Crippen molar-refractivity contribution in [2.24, 2.45) is 0 Å². The highest BCUT2D eigenvalue weighted by Gasteiger charge is 2.10. The molecule has 5 aromatic carbocycles. The maximum atomic E-state index is 13.0. The van der Waals surface area contributed by atoms with Gasteiger partial charge in [-0.15, -0.1) is 0 Å². The summed E-state index contributed by atoms with van der Waals surface area (Å²) in [4.78, 5) is 13.0. The summed E-state index contributed by atoms with van der Waals surface area (Å²) in [5.41, 5.74) is 10.8. The summed E-state index contributed by atoms with van der Waals surface area (Å²) >= 11 is 0. The second kappa shape index (κ2) is 9.33. The molecule has 0 bridgehead atoms. The summed E-state index contributed by atoms with van der Waals surface area (Å²) < 4.78 is 0. The summed E-state index contributed by atoms with van der Waals surface area (Å²) in [6.45, 7) is 4.18. The molecule has 1 nitrogen and oxygen atoms in total. The van der Waals surface area contributed by atoms with Gasteiger partial charge in [-0.2, -0.15) is 0 Å². The second-order valence-electron chi connectivity index (χ2n) is 8.79. The molecular weight excluding hydrogens is 412 g/mol. The van der Waals surface area contributed by atoms with E-state index in [-0.39, 0.29) is 5.78 Å². The van der Waals surface area contributed by atoms with E-state index in [1.165, 1.54) is 22.3 Å². The van der Waals surface area contributed by atoms with Gasteiger partial charge in [0.1, 0.15) is 0 Å². The molecule has 0 unspecified atom stereocenters. The van der Waals surface area contributed by atoms with Gasteiger partial charge in [-0.05, 0) is 47.2 Å². The van der Waals surface area contributed by atoms with Gasteiger partial charge in [0, 0.05) is 11.1 Å². The normalized spacial score (nSPS) is 10.8. The number of carbonyl (C=O) groups is 1. The Kier molecular flexibility index (Phi) is 5.93. The Morgan fingerprint density at radius 3 is 0.824 bits per heavy atom. The smallest absolute Gasteiger partial charge is 0.193 e. The summed E-state index contributed by atoms with van der Waals surface area (Å²) in [6, 6.07) is 41.3. The van der Waals surface area contributed by atoms with Crippen molar-refractivity contribution in [3.8, 4) is 33.4 Å². The van der Waals surface area contributed by atoms with Crippen LogP contribution in [-0.4, -0.2) is 5.78 Å². The first-order chi connectivity index (χ1) is 16.6. The van der Waals surface area contributed by atoms with Crippen molar-refractivity contribution in [1.29, 1.82) is 0 Å². The predicted molar refractivity (Wildman–Crippen MR) is 142 cm³/mol. The van der Waals surface area contributed by atoms with E-state index in [1.54, 1.807) is 0 Å². The molecule has 0 aliphatic heterocycles. The Labute approximate surface area is 201 Å². The van der Waals surface area contributed by atoms with Crippen LogP contribution in [0.4, 0.5) is 0 Å². The molecule has 5 aromatic rings. The Hall–Kier alpha value is -4.23. The third-order valence-electron chi connectivity index (χ3n) is 6.28. The number of hydrogen-bond acceptors (Lipinski definition) is 1. The lowest BCUT2D eigenvalue weighted by Gasteiger charge is -2.08. The van der Waals surface area contributed by atoms with Gasteiger partial charge in [-0.25, -0.2) is 0 Å². The van der Waals surface area contributed by atoms with Gasteiger partial charge in [0.05, 0.1) is 0 Å². The highest BCUT2D eigenvalue weighted by Crippen LogP contribution is 2.26. The number of ketones is 1. The van der Waals surface area contributed by atoms with E-state index in [0.717, 1.165) is 22.3 Å². The molecule has 34 heavy (non-hydrogen) atoms. The Morgan fingerprint density at radius 1 is 0.353 bits per heavy atom. The van der Waals surface area contributed by atoms with E-state index < -0.39 is 0 Å². The number of rotatable bonds is 5. The molecule has 0 aliphatic carbocycles. The molecular formula is C33H26O. The average Bonchev–Trinajstić information content (AvgIpc) is 2.90. The molecule has 0 atom stereocenters. The Bertz CT molecular complexity index is 1410. The van der Waals surface area contributed by atoms with E-state index in [4.69, 9.17) is 0 Å². The molecule has 5 rings (SSSR count).